The summed E-state index contributed by atoms with van der Waals surface area (Å²) in [5.41, 5.74) is -4.15. The molecule has 0 saturated heterocycles. The molecule has 0 amide bonds. The molecule has 0 bridgehead atoms. The van der Waals surface area contributed by atoms with E-state index in [0.29, 0.717) is 15.9 Å². The molecule has 8 heteroatoms. The van der Waals surface area contributed by atoms with Gasteiger partial charge in [-0.3, -0.25) is 0 Å². The van der Waals surface area contributed by atoms with Crippen molar-refractivity contribution in [2.75, 3.05) is 7.11 Å². The van der Waals surface area contributed by atoms with Gasteiger partial charge in [-0.25, -0.2) is 4.79 Å². The summed E-state index contributed by atoms with van der Waals surface area (Å²) >= 11 is 0.891. The first-order chi connectivity index (χ1) is 18.5. The van der Waals surface area contributed by atoms with E-state index in [4.69, 9.17) is 9.47 Å². The lowest BCUT2D eigenvalue weighted by atomic mass is 9.95. The minimum atomic E-state index is -5.01. The van der Waals surface area contributed by atoms with Gasteiger partial charge in [0.05, 0.1) is 10.2 Å². The average Bonchev–Trinajstić information content (AvgIpc) is 3.44. The van der Waals surface area contributed by atoms with Crippen molar-refractivity contribution in [2.24, 2.45) is 0 Å². The van der Waals surface area contributed by atoms with Crippen molar-refractivity contribution in [1.29, 1.82) is 0 Å². The summed E-state index contributed by atoms with van der Waals surface area (Å²) in [4.78, 5) is 14.3. The Kier molecular flexibility index (Phi) is 8.27. The predicted molar refractivity (Wildman–Crippen MR) is 155 cm³/mol. The number of ether oxygens (including phenoxy) is 2. The highest BCUT2D eigenvalue weighted by Crippen LogP contribution is 2.56. The third kappa shape index (κ3) is 5.23. The molecule has 1 heterocycles. The number of carbonyl (C=O) groups excluding carboxylic acids is 1. The van der Waals surface area contributed by atoms with Crippen molar-refractivity contribution in [2.45, 2.75) is 38.1 Å². The van der Waals surface area contributed by atoms with Crippen LogP contribution in [0.25, 0.3) is 0 Å². The van der Waals surface area contributed by atoms with Gasteiger partial charge in [-0.15, -0.1) is 11.3 Å². The largest absolute Gasteiger partial charge is 0.456 e. The van der Waals surface area contributed by atoms with E-state index < -0.39 is 35.5 Å². The Hall–Kier alpha value is -3.12. The minimum Gasteiger partial charge on any atom is -0.456 e. The molecule has 4 rings (SSSR count). The molecule has 0 N–H and O–H groups in total. The van der Waals surface area contributed by atoms with Gasteiger partial charge in [0.25, 0.3) is 0 Å². The fourth-order valence-corrected chi connectivity index (χ4v) is 10.5. The van der Waals surface area contributed by atoms with Crippen LogP contribution in [-0.2, 0) is 19.9 Å². The standard InChI is InChI=1S/C31H30F3O3PS/c1-29(2,3)37-28(35)27(30(36-4,31(32,33)34)26-21-14-22-39-26)38(23-15-8-5-9-16-23,24-17-10-6-11-18-24)25-19-12-7-13-20-25/h5-22H,1-4H3. The van der Waals surface area contributed by atoms with Crippen LogP contribution in [0.1, 0.15) is 25.6 Å². The maximum Gasteiger partial charge on any atom is 0.427 e. The van der Waals surface area contributed by atoms with E-state index in [0.717, 1.165) is 18.4 Å². The Morgan fingerprint density at radius 1 is 0.718 bits per heavy atom. The van der Waals surface area contributed by atoms with E-state index in [2.05, 4.69) is 0 Å². The number of alkyl halides is 3. The van der Waals surface area contributed by atoms with E-state index in [1.54, 1.807) is 117 Å². The summed E-state index contributed by atoms with van der Waals surface area (Å²) in [6.45, 7) is 1.35. The molecule has 0 aliphatic rings. The van der Waals surface area contributed by atoms with Gasteiger partial charge in [-0.05, 0) is 55.0 Å². The Bertz CT molecular complexity index is 1340. The van der Waals surface area contributed by atoms with Crippen LogP contribution in [0, 0.1) is 0 Å². The van der Waals surface area contributed by atoms with Gasteiger partial charge in [0.2, 0.25) is 5.60 Å². The van der Waals surface area contributed by atoms with Crippen LogP contribution in [0.15, 0.2) is 109 Å². The molecule has 0 radical (unpaired) electrons. The van der Waals surface area contributed by atoms with Gasteiger partial charge in [-0.2, -0.15) is 13.2 Å². The quantitative estimate of drug-likeness (QED) is 0.184. The molecule has 3 nitrogen and oxygen atoms in total. The number of thiophene rings is 1. The molecule has 0 spiro atoms. The van der Waals surface area contributed by atoms with Crippen molar-refractivity contribution in [3.8, 4) is 0 Å². The van der Waals surface area contributed by atoms with Crippen molar-refractivity contribution in [3.05, 3.63) is 113 Å². The molecule has 1 unspecified atom stereocenters. The predicted octanol–water partition coefficient (Wildman–Crippen LogP) is 6.66. The zero-order chi connectivity index (χ0) is 28.3. The summed E-state index contributed by atoms with van der Waals surface area (Å²) in [6.07, 6.45) is -5.01. The summed E-state index contributed by atoms with van der Waals surface area (Å²) in [5, 5.41) is 2.79. The molecule has 0 fully saturated rings. The Morgan fingerprint density at radius 3 is 1.46 bits per heavy atom. The number of rotatable bonds is 7. The lowest BCUT2D eigenvalue weighted by molar-refractivity contribution is -0.244. The van der Waals surface area contributed by atoms with Crippen LogP contribution in [-0.4, -0.2) is 30.1 Å². The first kappa shape index (κ1) is 28.9. The fraction of sp³-hybridized carbons (Fsp3) is 0.226. The molecule has 1 aromatic heterocycles. The van der Waals surface area contributed by atoms with E-state index >= 15 is 13.2 Å². The van der Waals surface area contributed by atoms with Crippen LogP contribution in [0.3, 0.4) is 0 Å². The number of halogens is 3. The van der Waals surface area contributed by atoms with E-state index in [1.165, 1.54) is 12.1 Å². The highest BCUT2D eigenvalue weighted by Gasteiger charge is 2.65. The van der Waals surface area contributed by atoms with E-state index in [9.17, 15) is 4.79 Å². The maximum absolute atomic E-state index is 15.7. The third-order valence-electron chi connectivity index (χ3n) is 6.27. The van der Waals surface area contributed by atoms with E-state index in [1.807, 2.05) is 0 Å². The van der Waals surface area contributed by atoms with Gasteiger partial charge in [0.15, 0.2) is 0 Å². The molecule has 39 heavy (non-hydrogen) atoms. The molecule has 0 saturated carbocycles. The maximum atomic E-state index is 15.7. The third-order valence-corrected chi connectivity index (χ3v) is 11.6. The fourth-order valence-electron chi connectivity index (χ4n) is 4.82. The molecule has 204 valence electrons. The average molecular weight is 571 g/mol. The van der Waals surface area contributed by atoms with Gasteiger partial charge in [0.1, 0.15) is 5.60 Å². The van der Waals surface area contributed by atoms with Crippen LogP contribution in [0.2, 0.25) is 0 Å². The Labute approximate surface area is 231 Å². The second-order valence-electron chi connectivity index (χ2n) is 9.89. The zero-order valence-corrected chi connectivity index (χ0v) is 23.8. The minimum absolute atomic E-state index is 0.148. The molecule has 0 aliphatic heterocycles. The van der Waals surface area contributed by atoms with E-state index in [-0.39, 0.29) is 4.88 Å². The second kappa shape index (κ2) is 11.2. The molecule has 0 aliphatic carbocycles. The van der Waals surface area contributed by atoms with Gasteiger partial charge in [0, 0.05) is 7.11 Å². The molecule has 1 atom stereocenters. The van der Waals surface area contributed by atoms with Crippen molar-refractivity contribution >= 4 is 45.4 Å². The topological polar surface area (TPSA) is 35.5 Å². The van der Waals surface area contributed by atoms with Crippen molar-refractivity contribution in [3.63, 3.8) is 0 Å². The van der Waals surface area contributed by atoms with Crippen molar-refractivity contribution in [1.82, 2.24) is 0 Å². The van der Waals surface area contributed by atoms with Gasteiger partial charge >= 0.3 is 12.1 Å². The van der Waals surface area contributed by atoms with Crippen LogP contribution in [0.5, 0.6) is 0 Å². The number of hydrogen-bond donors (Lipinski definition) is 0. The lowest BCUT2D eigenvalue weighted by Crippen LogP contribution is -2.56. The van der Waals surface area contributed by atoms with Crippen LogP contribution in [0.4, 0.5) is 13.2 Å². The SMILES string of the molecule is COC(C(C(=O)OC(C)(C)C)=P(c1ccccc1)(c1ccccc1)c1ccccc1)(c1cccs1)C(F)(F)F. The first-order valence-electron chi connectivity index (χ1n) is 12.3. The van der Waals surface area contributed by atoms with Gasteiger partial charge < -0.3 is 9.47 Å². The Balaban J connectivity index is 2.43. The number of hydrogen-bond acceptors (Lipinski definition) is 4. The normalized spacial score (nSPS) is 13.9. The monoisotopic (exact) mass is 570 g/mol. The Morgan fingerprint density at radius 2 is 1.15 bits per heavy atom. The summed E-state index contributed by atoms with van der Waals surface area (Å²) < 4.78 is 58.6. The zero-order valence-electron chi connectivity index (χ0n) is 22.1. The first-order valence-corrected chi connectivity index (χ1v) is 15.0. The molecular weight excluding hydrogens is 540 g/mol. The summed E-state index contributed by atoms with van der Waals surface area (Å²) in [5.74, 6) is -1.06. The number of benzene rings is 3. The highest BCUT2D eigenvalue weighted by molar-refractivity contribution is 7.96. The number of esters is 1. The smallest absolute Gasteiger partial charge is 0.427 e. The molecular formula is C31H30F3O3PS. The number of carbonyl (C=O) groups is 1. The summed E-state index contributed by atoms with van der Waals surface area (Å²) in [7, 11) is 1.01. The summed E-state index contributed by atoms with van der Waals surface area (Å²) in [6, 6.07) is 29.6. The van der Waals surface area contributed by atoms with Gasteiger partial charge in [-0.1, -0.05) is 97.1 Å². The molecule has 3 aromatic carbocycles. The van der Waals surface area contributed by atoms with Crippen molar-refractivity contribution < 1.29 is 27.4 Å². The second-order valence-corrected chi connectivity index (χ2v) is 14.2. The molecule has 4 aromatic rings. The van der Waals surface area contributed by atoms with Crippen LogP contribution < -0.4 is 15.9 Å². The lowest BCUT2D eigenvalue weighted by Gasteiger charge is -2.42. The van der Waals surface area contributed by atoms with Crippen LogP contribution >= 0.6 is 18.2 Å². The highest BCUT2D eigenvalue weighted by atomic mass is 32.1. The number of methoxy groups -OCH3 is 1.